The number of aromatic nitrogens is 2. The van der Waals surface area contributed by atoms with E-state index in [1.807, 2.05) is 6.07 Å². The summed E-state index contributed by atoms with van der Waals surface area (Å²) in [6.07, 6.45) is 15.5. The Labute approximate surface area is 254 Å². The molecule has 5 rings (SSSR count). The molecule has 1 aliphatic heterocycles. The van der Waals surface area contributed by atoms with Crippen molar-refractivity contribution >= 4 is 29.5 Å². The van der Waals surface area contributed by atoms with Gasteiger partial charge in [-0.1, -0.05) is 75.4 Å². The number of hydrogen-bond acceptors (Lipinski definition) is 3. The van der Waals surface area contributed by atoms with Crippen molar-refractivity contribution in [1.29, 1.82) is 0 Å². The number of aryl methyl sites for hydroxylation is 2. The number of para-hydroxylation sites is 1. The summed E-state index contributed by atoms with van der Waals surface area (Å²) >= 11 is 0. The Morgan fingerprint density at radius 1 is 0.907 bits per heavy atom. The van der Waals surface area contributed by atoms with Crippen LogP contribution in [0.5, 0.6) is 0 Å². The first-order valence-electron chi connectivity index (χ1n) is 15.6. The van der Waals surface area contributed by atoms with Crippen molar-refractivity contribution in [2.45, 2.75) is 71.1 Å². The second-order valence-corrected chi connectivity index (χ2v) is 11.3. The standard InChI is InChI=1S/C37H41N3O3/c1-2-3-4-5-6-8-14-28-20-23-31(24-21-28)39-26-12-11-16-30-27-29(22-25-34(30)39)15-13-19-33-35(37(42)43)38-40(36(33)41)32-17-9-7-10-18-32/h7,9-10,15,17-25,27,38H,2-6,8,11-12,14,16,26H2,1H3,(H,42,43). The van der Waals surface area contributed by atoms with E-state index in [-0.39, 0.29) is 11.3 Å². The maximum Gasteiger partial charge on any atom is 0.354 e. The minimum Gasteiger partial charge on any atom is -0.477 e. The number of anilines is 2. The summed E-state index contributed by atoms with van der Waals surface area (Å²) in [5.74, 6) is -1.19. The van der Waals surface area contributed by atoms with Gasteiger partial charge in [0.2, 0.25) is 0 Å². The number of carboxylic acids is 1. The second-order valence-electron chi connectivity index (χ2n) is 11.3. The van der Waals surface area contributed by atoms with E-state index >= 15 is 0 Å². The molecule has 6 nitrogen and oxygen atoms in total. The first-order valence-corrected chi connectivity index (χ1v) is 15.6. The fourth-order valence-electron chi connectivity index (χ4n) is 5.81. The molecule has 4 aromatic rings. The molecule has 2 heterocycles. The van der Waals surface area contributed by atoms with Crippen molar-refractivity contribution in [3.63, 3.8) is 0 Å². The number of aromatic carboxylic acids is 1. The summed E-state index contributed by atoms with van der Waals surface area (Å²) in [7, 11) is 0. The first-order chi connectivity index (χ1) is 21.0. The maximum absolute atomic E-state index is 13.0. The van der Waals surface area contributed by atoms with E-state index < -0.39 is 11.5 Å². The summed E-state index contributed by atoms with van der Waals surface area (Å²) in [4.78, 5) is 27.3. The smallest absolute Gasteiger partial charge is 0.354 e. The Morgan fingerprint density at radius 3 is 2.44 bits per heavy atom. The van der Waals surface area contributed by atoms with Gasteiger partial charge in [-0.25, -0.2) is 9.48 Å². The zero-order valence-electron chi connectivity index (χ0n) is 25.0. The highest BCUT2D eigenvalue weighted by Gasteiger charge is 2.19. The quantitative estimate of drug-likeness (QED) is 0.131. The van der Waals surface area contributed by atoms with E-state index in [0.717, 1.165) is 37.8 Å². The van der Waals surface area contributed by atoms with E-state index in [2.05, 4.69) is 65.1 Å². The molecule has 1 aromatic heterocycles. The molecule has 0 saturated carbocycles. The number of hydrogen-bond donors (Lipinski definition) is 2. The first kappa shape index (κ1) is 29.9. The van der Waals surface area contributed by atoms with Gasteiger partial charge in [0.15, 0.2) is 5.69 Å². The van der Waals surface area contributed by atoms with E-state index in [1.165, 1.54) is 71.8 Å². The third kappa shape index (κ3) is 7.46. The van der Waals surface area contributed by atoms with E-state index in [1.54, 1.807) is 30.3 Å². The fraction of sp³-hybridized carbons (Fsp3) is 0.324. The lowest BCUT2D eigenvalue weighted by atomic mass is 10.0. The third-order valence-electron chi connectivity index (χ3n) is 8.17. The lowest BCUT2D eigenvalue weighted by Gasteiger charge is -2.25. The number of carboxylic acid groups (broad SMARTS) is 1. The molecule has 6 heteroatoms. The van der Waals surface area contributed by atoms with Crippen molar-refractivity contribution in [2.75, 3.05) is 11.4 Å². The average molecular weight is 576 g/mol. The van der Waals surface area contributed by atoms with Crippen LogP contribution in [0.3, 0.4) is 0 Å². The maximum atomic E-state index is 13.0. The van der Waals surface area contributed by atoms with Crippen LogP contribution in [0.15, 0.2) is 83.3 Å². The fourth-order valence-corrected chi connectivity index (χ4v) is 5.81. The Hall–Kier alpha value is -4.54. The lowest BCUT2D eigenvalue weighted by Crippen LogP contribution is -2.17. The minimum atomic E-state index is -1.19. The minimum absolute atomic E-state index is 0.0634. The largest absolute Gasteiger partial charge is 0.477 e. The van der Waals surface area contributed by atoms with Crippen molar-refractivity contribution in [2.24, 2.45) is 0 Å². The Balaban J connectivity index is 1.32. The van der Waals surface area contributed by atoms with Gasteiger partial charge >= 0.3 is 5.97 Å². The summed E-state index contributed by atoms with van der Waals surface area (Å²) < 4.78 is 1.25. The third-order valence-corrected chi connectivity index (χ3v) is 8.17. The molecule has 0 bridgehead atoms. The van der Waals surface area contributed by atoms with Crippen LogP contribution in [0.4, 0.5) is 11.4 Å². The number of carbonyl (C=O) groups is 1. The van der Waals surface area contributed by atoms with Crippen molar-refractivity contribution < 1.29 is 9.90 Å². The van der Waals surface area contributed by atoms with Gasteiger partial charge in [0, 0.05) is 17.9 Å². The number of nitrogens with one attached hydrogen (secondary N) is 1. The van der Waals surface area contributed by atoms with Crippen molar-refractivity contribution in [1.82, 2.24) is 9.78 Å². The molecular weight excluding hydrogens is 534 g/mol. The molecule has 0 atom stereocenters. The van der Waals surface area contributed by atoms with E-state index in [4.69, 9.17) is 0 Å². The SMILES string of the molecule is CCCCCCCCc1ccc(N2CCCCc3cc(C=C=Cc4c(C(=O)O)[nH]n(-c5ccccc5)c4=O)ccc32)cc1. The molecule has 0 spiro atoms. The highest BCUT2D eigenvalue weighted by Crippen LogP contribution is 2.34. The molecule has 0 unspecified atom stereocenters. The monoisotopic (exact) mass is 575 g/mol. The Kier molecular flexibility index (Phi) is 10.1. The van der Waals surface area contributed by atoms with E-state index in [9.17, 15) is 14.7 Å². The number of rotatable bonds is 12. The summed E-state index contributed by atoms with van der Waals surface area (Å²) in [6, 6.07) is 24.4. The summed E-state index contributed by atoms with van der Waals surface area (Å²) in [5, 5.41) is 12.4. The van der Waals surface area contributed by atoms with Gasteiger partial charge in [0.1, 0.15) is 0 Å². The molecular formula is C37H41N3O3. The number of benzene rings is 3. The van der Waals surface area contributed by atoms with Gasteiger partial charge in [-0.2, -0.15) is 0 Å². The van der Waals surface area contributed by atoms with Gasteiger partial charge in [-0.15, -0.1) is 5.73 Å². The van der Waals surface area contributed by atoms with Crippen LogP contribution < -0.4 is 10.5 Å². The summed E-state index contributed by atoms with van der Waals surface area (Å²) in [5.41, 5.74) is 9.20. The normalized spacial score (nSPS) is 12.7. The number of nitrogens with zero attached hydrogens (tertiary/aromatic N) is 2. The number of fused-ring (bicyclic) bond motifs is 1. The molecule has 1 aliphatic rings. The lowest BCUT2D eigenvalue weighted by molar-refractivity contribution is 0.0689. The molecule has 2 N–H and O–H groups in total. The topological polar surface area (TPSA) is 78.3 Å². The van der Waals surface area contributed by atoms with Crippen LogP contribution >= 0.6 is 0 Å². The molecule has 222 valence electrons. The number of unbranched alkanes of at least 4 members (excludes halogenated alkanes) is 5. The number of H-pyrrole nitrogens is 1. The molecule has 0 aliphatic carbocycles. The van der Waals surface area contributed by atoms with Crippen LogP contribution in [-0.4, -0.2) is 27.4 Å². The molecule has 0 saturated heterocycles. The van der Waals surface area contributed by atoms with Gasteiger partial charge in [-0.3, -0.25) is 9.89 Å². The molecule has 0 radical (unpaired) electrons. The van der Waals surface area contributed by atoms with Gasteiger partial charge < -0.3 is 10.0 Å². The predicted octanol–water partition coefficient (Wildman–Crippen LogP) is 8.57. The highest BCUT2D eigenvalue weighted by atomic mass is 16.4. The average Bonchev–Trinajstić information content (AvgIpc) is 3.21. The zero-order valence-corrected chi connectivity index (χ0v) is 25.0. The van der Waals surface area contributed by atoms with Gasteiger partial charge in [0.25, 0.3) is 5.56 Å². The second kappa shape index (κ2) is 14.6. The van der Waals surface area contributed by atoms with Gasteiger partial charge in [0.05, 0.1) is 11.3 Å². The summed E-state index contributed by atoms with van der Waals surface area (Å²) in [6.45, 7) is 3.24. The van der Waals surface area contributed by atoms with Crippen molar-refractivity contribution in [3.8, 4) is 5.69 Å². The zero-order chi connectivity index (χ0) is 30.0. The molecule has 43 heavy (non-hydrogen) atoms. The predicted molar refractivity (Wildman–Crippen MR) is 176 cm³/mol. The van der Waals surface area contributed by atoms with Crippen LogP contribution in [0.1, 0.15) is 91.0 Å². The van der Waals surface area contributed by atoms with Crippen LogP contribution in [0.25, 0.3) is 17.8 Å². The molecule has 0 amide bonds. The van der Waals surface area contributed by atoms with E-state index in [0.29, 0.717) is 5.69 Å². The number of aromatic amines is 1. The molecule has 0 fully saturated rings. The van der Waals surface area contributed by atoms with Crippen LogP contribution in [-0.2, 0) is 12.8 Å². The Bertz CT molecular complexity index is 1640. The van der Waals surface area contributed by atoms with Crippen molar-refractivity contribution in [3.05, 3.63) is 117 Å². The highest BCUT2D eigenvalue weighted by molar-refractivity contribution is 5.90. The van der Waals surface area contributed by atoms with Crippen LogP contribution in [0, 0.1) is 0 Å². The Morgan fingerprint density at radius 2 is 1.67 bits per heavy atom. The van der Waals surface area contributed by atoms with Crippen LogP contribution in [0.2, 0.25) is 0 Å². The molecule has 3 aromatic carbocycles. The van der Waals surface area contributed by atoms with Gasteiger partial charge in [-0.05, 0) is 97.3 Å².